The van der Waals surface area contributed by atoms with Crippen molar-refractivity contribution < 1.29 is 9.53 Å². The van der Waals surface area contributed by atoms with Gasteiger partial charge in [0, 0.05) is 23.7 Å². The molecule has 0 spiro atoms. The fourth-order valence-corrected chi connectivity index (χ4v) is 3.92. The molecule has 1 aromatic heterocycles. The van der Waals surface area contributed by atoms with E-state index in [1.165, 1.54) is 11.3 Å². The van der Waals surface area contributed by atoms with Gasteiger partial charge < -0.3 is 15.0 Å². The topological polar surface area (TPSA) is 78.8 Å². The molecule has 0 saturated carbocycles. The maximum atomic E-state index is 12.4. The molecule has 2 heterocycles. The molecule has 2 N–H and O–H groups in total. The average Bonchev–Trinajstić information content (AvgIpc) is 3.28. The molecule has 8 heteroatoms. The Morgan fingerprint density at radius 2 is 2.00 bits per heavy atom. The van der Waals surface area contributed by atoms with Crippen molar-refractivity contribution in [2.45, 2.75) is 13.0 Å². The summed E-state index contributed by atoms with van der Waals surface area (Å²) in [7, 11) is 1.64. The SMILES string of the molecule is CCN1C=C(c2csc(N/N=C/c3ccc(OC)cc3)n2)C(c2ccccc2)NC1=O. The molecule has 1 aliphatic heterocycles. The van der Waals surface area contributed by atoms with Crippen molar-refractivity contribution in [2.24, 2.45) is 5.10 Å². The van der Waals surface area contributed by atoms with Gasteiger partial charge in [0.1, 0.15) is 5.75 Å². The number of urea groups is 1. The van der Waals surface area contributed by atoms with E-state index in [1.807, 2.05) is 73.1 Å². The number of hydrazone groups is 1. The number of hydrogen-bond acceptors (Lipinski definition) is 6. The number of amides is 2. The summed E-state index contributed by atoms with van der Waals surface area (Å²) in [4.78, 5) is 18.8. The zero-order valence-corrected chi connectivity index (χ0v) is 18.1. The average molecular weight is 434 g/mol. The summed E-state index contributed by atoms with van der Waals surface area (Å²) >= 11 is 1.46. The molecule has 2 aromatic carbocycles. The van der Waals surface area contributed by atoms with E-state index in [-0.39, 0.29) is 12.1 Å². The number of rotatable bonds is 7. The van der Waals surface area contributed by atoms with Crippen LogP contribution in [0.5, 0.6) is 5.75 Å². The highest BCUT2D eigenvalue weighted by molar-refractivity contribution is 7.13. The lowest BCUT2D eigenvalue weighted by Crippen LogP contribution is -2.43. The molecule has 1 aliphatic rings. The van der Waals surface area contributed by atoms with Crippen LogP contribution in [0.4, 0.5) is 9.93 Å². The minimum atomic E-state index is -0.255. The van der Waals surface area contributed by atoms with Gasteiger partial charge in [0.15, 0.2) is 0 Å². The number of carbonyl (C=O) groups excluding carboxylic acids is 1. The molecule has 3 aromatic rings. The predicted molar refractivity (Wildman–Crippen MR) is 124 cm³/mol. The molecule has 0 aliphatic carbocycles. The highest BCUT2D eigenvalue weighted by Gasteiger charge is 2.29. The van der Waals surface area contributed by atoms with Gasteiger partial charge in [-0.25, -0.2) is 9.78 Å². The van der Waals surface area contributed by atoms with Gasteiger partial charge in [-0.2, -0.15) is 5.10 Å². The number of anilines is 1. The molecule has 1 atom stereocenters. The third-order valence-corrected chi connectivity index (χ3v) is 5.64. The van der Waals surface area contributed by atoms with E-state index in [0.29, 0.717) is 11.7 Å². The minimum Gasteiger partial charge on any atom is -0.497 e. The van der Waals surface area contributed by atoms with E-state index < -0.39 is 0 Å². The number of hydrogen-bond donors (Lipinski definition) is 2. The normalized spacial score (nSPS) is 16.2. The van der Waals surface area contributed by atoms with E-state index in [1.54, 1.807) is 18.2 Å². The summed E-state index contributed by atoms with van der Waals surface area (Å²) in [6.07, 6.45) is 3.61. The second kappa shape index (κ2) is 9.44. The second-order valence-electron chi connectivity index (χ2n) is 6.84. The minimum absolute atomic E-state index is 0.113. The third kappa shape index (κ3) is 4.75. The number of aromatic nitrogens is 1. The van der Waals surface area contributed by atoms with Gasteiger partial charge in [-0.05, 0) is 42.3 Å². The Balaban J connectivity index is 1.53. The lowest BCUT2D eigenvalue weighted by Gasteiger charge is -2.31. The molecule has 2 amide bonds. The summed E-state index contributed by atoms with van der Waals surface area (Å²) in [6.45, 7) is 2.52. The Morgan fingerprint density at radius 3 is 2.71 bits per heavy atom. The molecule has 4 rings (SSSR count). The standard InChI is InChI=1S/C23H23N5O2S/c1-3-28-14-19(21(26-23(28)29)17-7-5-4-6-8-17)20-15-31-22(25-20)27-24-13-16-9-11-18(30-2)12-10-16/h4-15,21H,3H2,1-2H3,(H,25,27)(H,26,29)/b24-13+. The highest BCUT2D eigenvalue weighted by Crippen LogP contribution is 2.34. The van der Waals surface area contributed by atoms with E-state index in [0.717, 1.165) is 28.1 Å². The summed E-state index contributed by atoms with van der Waals surface area (Å²) in [6, 6.07) is 17.2. The monoisotopic (exact) mass is 433 g/mol. The number of methoxy groups -OCH3 is 1. The number of nitrogens with zero attached hydrogens (tertiary/aromatic N) is 3. The Morgan fingerprint density at radius 1 is 1.23 bits per heavy atom. The molecule has 7 nitrogen and oxygen atoms in total. The first kappa shape index (κ1) is 20.6. The van der Waals surface area contributed by atoms with Crippen molar-refractivity contribution in [1.29, 1.82) is 0 Å². The van der Waals surface area contributed by atoms with Crippen molar-refractivity contribution in [3.05, 3.63) is 83.0 Å². The summed E-state index contributed by atoms with van der Waals surface area (Å²) in [5.41, 5.74) is 6.69. The molecule has 158 valence electrons. The molecule has 31 heavy (non-hydrogen) atoms. The van der Waals surface area contributed by atoms with Crippen molar-refractivity contribution in [3.63, 3.8) is 0 Å². The lowest BCUT2D eigenvalue weighted by atomic mass is 9.96. The lowest BCUT2D eigenvalue weighted by molar-refractivity contribution is 0.212. The Labute approximate surface area is 185 Å². The van der Waals surface area contributed by atoms with Crippen molar-refractivity contribution >= 4 is 34.3 Å². The van der Waals surface area contributed by atoms with Crippen LogP contribution in [0.2, 0.25) is 0 Å². The number of nitrogens with one attached hydrogen (secondary N) is 2. The quantitative estimate of drug-likeness (QED) is 0.417. The van der Waals surface area contributed by atoms with Gasteiger partial charge in [0.05, 0.1) is 25.1 Å². The van der Waals surface area contributed by atoms with Crippen LogP contribution < -0.4 is 15.5 Å². The molecule has 0 saturated heterocycles. The zero-order valence-electron chi connectivity index (χ0n) is 17.3. The Bertz CT molecular complexity index is 1090. The maximum absolute atomic E-state index is 12.4. The smallest absolute Gasteiger partial charge is 0.322 e. The third-order valence-electron chi connectivity index (χ3n) is 4.90. The van der Waals surface area contributed by atoms with Crippen LogP contribution in [0.3, 0.4) is 0 Å². The van der Waals surface area contributed by atoms with Crippen LogP contribution >= 0.6 is 11.3 Å². The number of ether oxygens (including phenoxy) is 1. The molecular formula is C23H23N5O2S. The Kier molecular flexibility index (Phi) is 6.28. The second-order valence-corrected chi connectivity index (χ2v) is 7.70. The van der Waals surface area contributed by atoms with Crippen molar-refractivity contribution in [1.82, 2.24) is 15.2 Å². The van der Waals surface area contributed by atoms with Gasteiger partial charge >= 0.3 is 6.03 Å². The van der Waals surface area contributed by atoms with Crippen LogP contribution in [0.15, 0.2) is 71.3 Å². The number of carbonyl (C=O) groups is 1. The first-order chi connectivity index (χ1) is 15.2. The number of thiazole rings is 1. The first-order valence-corrected chi connectivity index (χ1v) is 10.8. The van der Waals surface area contributed by atoms with Gasteiger partial charge in [0.25, 0.3) is 0 Å². The maximum Gasteiger partial charge on any atom is 0.322 e. The van der Waals surface area contributed by atoms with Crippen LogP contribution in [0, 0.1) is 0 Å². The van der Waals surface area contributed by atoms with Crippen molar-refractivity contribution in [2.75, 3.05) is 19.1 Å². The van der Waals surface area contributed by atoms with Crippen LogP contribution in [0.25, 0.3) is 5.57 Å². The summed E-state index contributed by atoms with van der Waals surface area (Å²) < 4.78 is 5.16. The predicted octanol–water partition coefficient (Wildman–Crippen LogP) is 4.73. The van der Waals surface area contributed by atoms with E-state index in [4.69, 9.17) is 4.74 Å². The van der Waals surface area contributed by atoms with Gasteiger partial charge in [0.2, 0.25) is 5.13 Å². The van der Waals surface area contributed by atoms with E-state index in [2.05, 4.69) is 20.8 Å². The largest absolute Gasteiger partial charge is 0.497 e. The van der Waals surface area contributed by atoms with Crippen molar-refractivity contribution in [3.8, 4) is 5.75 Å². The van der Waals surface area contributed by atoms with Gasteiger partial charge in [-0.3, -0.25) is 5.43 Å². The van der Waals surface area contributed by atoms with Crippen LogP contribution in [-0.2, 0) is 0 Å². The molecule has 0 fully saturated rings. The fourth-order valence-electron chi connectivity index (χ4n) is 3.25. The Hall–Kier alpha value is -3.65. The molecule has 0 bridgehead atoms. The number of benzene rings is 2. The van der Waals surface area contributed by atoms with Gasteiger partial charge in [-0.1, -0.05) is 30.3 Å². The summed E-state index contributed by atoms with van der Waals surface area (Å²) in [5, 5.41) is 10.0. The summed E-state index contributed by atoms with van der Waals surface area (Å²) in [5.74, 6) is 0.802. The van der Waals surface area contributed by atoms with E-state index >= 15 is 0 Å². The van der Waals surface area contributed by atoms with Gasteiger partial charge in [-0.15, -0.1) is 11.3 Å². The zero-order chi connectivity index (χ0) is 21.6. The molecular weight excluding hydrogens is 410 g/mol. The molecule has 1 unspecified atom stereocenters. The fraction of sp³-hybridized carbons (Fsp3) is 0.174. The van der Waals surface area contributed by atoms with Crippen LogP contribution in [-0.4, -0.2) is 35.8 Å². The first-order valence-electron chi connectivity index (χ1n) is 9.90. The highest BCUT2D eigenvalue weighted by atomic mass is 32.1. The van der Waals surface area contributed by atoms with E-state index in [9.17, 15) is 4.79 Å². The van der Waals surface area contributed by atoms with Crippen LogP contribution in [0.1, 0.15) is 29.8 Å². The molecule has 0 radical (unpaired) electrons.